The number of carbonyl (C=O) groups is 1. The average Bonchev–Trinajstić information content (AvgIpc) is 2.60. The molecule has 0 aliphatic heterocycles. The number of anilines is 1. The van der Waals surface area contributed by atoms with Gasteiger partial charge in [0.25, 0.3) is 0 Å². The van der Waals surface area contributed by atoms with Crippen molar-refractivity contribution in [3.63, 3.8) is 0 Å². The molecule has 2 aromatic carbocycles. The van der Waals surface area contributed by atoms with Crippen molar-refractivity contribution in [2.75, 3.05) is 17.2 Å². The molecule has 2 rings (SSSR count). The number of carbonyl (C=O) groups excluding carboxylic acids is 1. The van der Waals surface area contributed by atoms with E-state index >= 15 is 0 Å². The van der Waals surface area contributed by atoms with Gasteiger partial charge in [0.05, 0.1) is 18.0 Å². The quantitative estimate of drug-likeness (QED) is 0.704. The van der Waals surface area contributed by atoms with Crippen LogP contribution in [0.5, 0.6) is 5.75 Å². The van der Waals surface area contributed by atoms with Crippen LogP contribution in [0, 0.1) is 6.92 Å². The highest BCUT2D eigenvalue weighted by Crippen LogP contribution is 2.24. The summed E-state index contributed by atoms with van der Waals surface area (Å²) in [6, 6.07) is 12.7. The van der Waals surface area contributed by atoms with E-state index in [0.29, 0.717) is 10.7 Å². The van der Waals surface area contributed by atoms with Gasteiger partial charge in [0.2, 0.25) is 15.9 Å². The maximum absolute atomic E-state index is 12.7. The van der Waals surface area contributed by atoms with Gasteiger partial charge in [-0.2, -0.15) is 0 Å². The molecule has 0 aliphatic rings. The van der Waals surface area contributed by atoms with Crippen LogP contribution >= 0.6 is 11.6 Å². The largest absolute Gasteiger partial charge is 0.491 e. The van der Waals surface area contributed by atoms with Crippen molar-refractivity contribution in [1.82, 2.24) is 5.32 Å². The maximum Gasteiger partial charge on any atom is 0.243 e. The number of rotatable bonds is 8. The first-order valence-electron chi connectivity index (χ1n) is 8.83. The minimum Gasteiger partial charge on any atom is -0.491 e. The molecule has 0 unspecified atom stereocenters. The lowest BCUT2D eigenvalue weighted by Gasteiger charge is -2.29. The van der Waals surface area contributed by atoms with E-state index in [-0.39, 0.29) is 12.6 Å². The van der Waals surface area contributed by atoms with E-state index in [2.05, 4.69) is 5.32 Å². The summed E-state index contributed by atoms with van der Waals surface area (Å²) in [7, 11) is -3.69. The van der Waals surface area contributed by atoms with Gasteiger partial charge >= 0.3 is 0 Å². The molecule has 2 atom stereocenters. The molecule has 1 N–H and O–H groups in total. The zero-order valence-corrected chi connectivity index (χ0v) is 17.9. The Bertz CT molecular complexity index is 933. The van der Waals surface area contributed by atoms with E-state index in [0.717, 1.165) is 21.9 Å². The Morgan fingerprint density at radius 3 is 2.46 bits per heavy atom. The Balaban J connectivity index is 2.07. The predicted molar refractivity (Wildman–Crippen MR) is 113 cm³/mol. The van der Waals surface area contributed by atoms with Crippen molar-refractivity contribution in [2.45, 2.75) is 32.9 Å². The zero-order chi connectivity index (χ0) is 20.9. The molecule has 0 radical (unpaired) electrons. The minimum atomic E-state index is -3.69. The lowest BCUT2D eigenvalue weighted by atomic mass is 10.2. The van der Waals surface area contributed by atoms with Crippen LogP contribution in [-0.4, -0.2) is 39.3 Å². The topological polar surface area (TPSA) is 75.7 Å². The molecule has 6 nitrogen and oxygen atoms in total. The van der Waals surface area contributed by atoms with Crippen LogP contribution in [0.25, 0.3) is 0 Å². The molecular formula is C20H25ClN2O4S. The molecule has 0 fully saturated rings. The highest BCUT2D eigenvalue weighted by molar-refractivity contribution is 7.92. The minimum absolute atomic E-state index is 0.263. The molecule has 152 valence electrons. The van der Waals surface area contributed by atoms with Crippen molar-refractivity contribution in [3.05, 3.63) is 59.1 Å². The SMILES string of the molecule is Cc1ccccc1OC[C@H](C)NC(=O)[C@@H](C)N(c1cccc(Cl)c1)S(C)(=O)=O. The maximum atomic E-state index is 12.7. The molecule has 0 spiro atoms. The summed E-state index contributed by atoms with van der Waals surface area (Å²) in [4.78, 5) is 12.7. The van der Waals surface area contributed by atoms with Crippen molar-refractivity contribution in [1.29, 1.82) is 0 Å². The number of hydrogen-bond acceptors (Lipinski definition) is 4. The molecule has 0 bridgehead atoms. The van der Waals surface area contributed by atoms with Crippen LogP contribution < -0.4 is 14.4 Å². The Kier molecular flexibility index (Phi) is 7.32. The van der Waals surface area contributed by atoms with E-state index < -0.39 is 22.0 Å². The van der Waals surface area contributed by atoms with Gasteiger partial charge in [0.1, 0.15) is 18.4 Å². The normalized spacial score (nSPS) is 13.5. The summed E-state index contributed by atoms with van der Waals surface area (Å²) >= 11 is 5.98. The fourth-order valence-electron chi connectivity index (χ4n) is 2.76. The lowest BCUT2D eigenvalue weighted by molar-refractivity contribution is -0.122. The van der Waals surface area contributed by atoms with E-state index in [9.17, 15) is 13.2 Å². The van der Waals surface area contributed by atoms with E-state index in [1.807, 2.05) is 31.2 Å². The van der Waals surface area contributed by atoms with Crippen molar-refractivity contribution in [2.24, 2.45) is 0 Å². The summed E-state index contributed by atoms with van der Waals surface area (Å²) in [5.41, 5.74) is 1.33. The van der Waals surface area contributed by atoms with Gasteiger partial charge in [-0.25, -0.2) is 8.42 Å². The van der Waals surface area contributed by atoms with E-state index in [1.54, 1.807) is 25.1 Å². The fraction of sp³-hybridized carbons (Fsp3) is 0.350. The van der Waals surface area contributed by atoms with Crippen molar-refractivity contribution in [3.8, 4) is 5.75 Å². The van der Waals surface area contributed by atoms with Crippen LogP contribution in [-0.2, 0) is 14.8 Å². The third-order valence-corrected chi connectivity index (χ3v) is 5.60. The third-order valence-electron chi connectivity index (χ3n) is 4.12. The van der Waals surface area contributed by atoms with Crippen molar-refractivity contribution < 1.29 is 17.9 Å². The summed E-state index contributed by atoms with van der Waals surface area (Å²) in [5, 5.41) is 3.19. The molecule has 2 aromatic rings. The van der Waals surface area contributed by atoms with Crippen LogP contribution in [0.4, 0.5) is 5.69 Å². The first-order chi connectivity index (χ1) is 13.1. The number of sulfonamides is 1. The fourth-order valence-corrected chi connectivity index (χ4v) is 4.11. The summed E-state index contributed by atoms with van der Waals surface area (Å²) in [6.07, 6.45) is 1.06. The number of amides is 1. The number of para-hydroxylation sites is 1. The summed E-state index contributed by atoms with van der Waals surface area (Å²) in [5.74, 6) is 0.319. The smallest absolute Gasteiger partial charge is 0.243 e. The zero-order valence-electron chi connectivity index (χ0n) is 16.3. The molecular weight excluding hydrogens is 400 g/mol. The lowest BCUT2D eigenvalue weighted by Crippen LogP contribution is -2.50. The van der Waals surface area contributed by atoms with Crippen molar-refractivity contribution >= 4 is 33.2 Å². The van der Waals surface area contributed by atoms with Crippen LogP contribution in [0.15, 0.2) is 48.5 Å². The van der Waals surface area contributed by atoms with E-state index in [1.165, 1.54) is 13.0 Å². The number of hydrogen-bond donors (Lipinski definition) is 1. The van der Waals surface area contributed by atoms with Crippen LogP contribution in [0.1, 0.15) is 19.4 Å². The molecule has 8 heteroatoms. The molecule has 0 saturated carbocycles. The Labute approximate surface area is 171 Å². The Morgan fingerprint density at radius 1 is 1.18 bits per heavy atom. The predicted octanol–water partition coefficient (Wildman–Crippen LogP) is 3.39. The van der Waals surface area contributed by atoms with Gasteiger partial charge in [0.15, 0.2) is 0 Å². The van der Waals surface area contributed by atoms with Gasteiger partial charge in [-0.15, -0.1) is 0 Å². The second-order valence-corrected chi connectivity index (χ2v) is 9.00. The summed E-state index contributed by atoms with van der Waals surface area (Å²) < 4.78 is 31.4. The first kappa shape index (κ1) is 22.0. The second-order valence-electron chi connectivity index (χ2n) is 6.70. The van der Waals surface area contributed by atoms with Gasteiger partial charge in [-0.1, -0.05) is 35.9 Å². The number of halogens is 1. The summed E-state index contributed by atoms with van der Waals surface area (Å²) in [6.45, 7) is 5.54. The van der Waals surface area contributed by atoms with Gasteiger partial charge in [-0.05, 0) is 50.6 Å². The first-order valence-corrected chi connectivity index (χ1v) is 11.1. The van der Waals surface area contributed by atoms with Gasteiger partial charge in [-0.3, -0.25) is 9.10 Å². The number of nitrogens with one attached hydrogen (secondary N) is 1. The molecule has 1 amide bonds. The van der Waals surface area contributed by atoms with E-state index in [4.69, 9.17) is 16.3 Å². The Hall–Kier alpha value is -2.25. The molecule has 0 saturated heterocycles. The van der Waals surface area contributed by atoms with Crippen LogP contribution in [0.2, 0.25) is 5.02 Å². The Morgan fingerprint density at radius 2 is 1.86 bits per heavy atom. The monoisotopic (exact) mass is 424 g/mol. The molecule has 0 aromatic heterocycles. The van der Waals surface area contributed by atoms with Gasteiger partial charge in [0, 0.05) is 5.02 Å². The number of aryl methyl sites for hydroxylation is 1. The number of nitrogens with zero attached hydrogens (tertiary/aromatic N) is 1. The second kappa shape index (κ2) is 9.30. The standard InChI is InChI=1S/C20H25ClN2O4S/c1-14-8-5-6-11-19(14)27-13-15(2)22-20(24)16(3)23(28(4,25)26)18-10-7-9-17(21)12-18/h5-12,15-16H,13H2,1-4H3,(H,22,24)/t15-,16+/m0/s1. The van der Waals surface area contributed by atoms with Gasteiger partial charge < -0.3 is 10.1 Å². The van der Waals surface area contributed by atoms with Crippen LogP contribution in [0.3, 0.4) is 0 Å². The third kappa shape index (κ3) is 5.87. The highest BCUT2D eigenvalue weighted by atomic mass is 35.5. The molecule has 28 heavy (non-hydrogen) atoms. The molecule has 0 aliphatic carbocycles. The molecule has 0 heterocycles. The number of ether oxygens (including phenoxy) is 1. The average molecular weight is 425 g/mol. The number of benzene rings is 2. The highest BCUT2D eigenvalue weighted by Gasteiger charge is 2.29.